The number of benzene rings is 1. The maximum Gasteiger partial charge on any atom is 0.226 e. The minimum atomic E-state index is -0.200. The molecule has 1 amide bonds. The summed E-state index contributed by atoms with van der Waals surface area (Å²) in [7, 11) is 0. The van der Waals surface area contributed by atoms with Crippen LogP contribution in [0.15, 0.2) is 18.2 Å². The van der Waals surface area contributed by atoms with Gasteiger partial charge in [0.05, 0.1) is 13.2 Å². The third-order valence-corrected chi connectivity index (χ3v) is 4.26. The summed E-state index contributed by atoms with van der Waals surface area (Å²) in [5.41, 5.74) is 2.96. The molecule has 106 valence electrons. The van der Waals surface area contributed by atoms with Crippen molar-refractivity contribution in [3.8, 4) is 0 Å². The van der Waals surface area contributed by atoms with Gasteiger partial charge in [-0.15, -0.1) is 0 Å². The van der Waals surface area contributed by atoms with Gasteiger partial charge in [-0.3, -0.25) is 9.59 Å². The van der Waals surface area contributed by atoms with E-state index < -0.39 is 0 Å². The van der Waals surface area contributed by atoms with Crippen LogP contribution in [-0.4, -0.2) is 42.9 Å². The van der Waals surface area contributed by atoms with Crippen molar-refractivity contribution in [3.05, 3.63) is 34.9 Å². The van der Waals surface area contributed by atoms with Gasteiger partial charge in [-0.05, 0) is 24.5 Å². The zero-order valence-electron chi connectivity index (χ0n) is 11.7. The zero-order valence-corrected chi connectivity index (χ0v) is 11.7. The molecule has 0 bridgehead atoms. The van der Waals surface area contributed by atoms with Crippen molar-refractivity contribution >= 4 is 11.7 Å². The molecule has 0 saturated carbocycles. The number of morpholine rings is 1. The second kappa shape index (κ2) is 5.37. The first-order valence-corrected chi connectivity index (χ1v) is 7.15. The van der Waals surface area contributed by atoms with Crippen molar-refractivity contribution in [1.82, 2.24) is 4.90 Å². The van der Waals surface area contributed by atoms with Crippen molar-refractivity contribution in [2.45, 2.75) is 19.8 Å². The Labute approximate surface area is 118 Å². The van der Waals surface area contributed by atoms with Crippen LogP contribution in [0.2, 0.25) is 0 Å². The number of rotatable bonds is 1. The van der Waals surface area contributed by atoms with Crippen LogP contribution in [0.3, 0.4) is 0 Å². The number of amides is 1. The summed E-state index contributed by atoms with van der Waals surface area (Å²) >= 11 is 0. The Hall–Kier alpha value is -1.68. The number of ketones is 1. The fraction of sp³-hybridized carbons (Fsp3) is 0.500. The molecule has 2 aliphatic rings. The molecule has 1 atom stereocenters. The SMILES string of the molecule is Cc1cccc2c1CC(C(=O)N1CCOCC1)CC2=O. The number of aryl methyl sites for hydroxylation is 1. The van der Waals surface area contributed by atoms with Gasteiger partial charge in [0.15, 0.2) is 5.78 Å². The normalized spacial score (nSPS) is 22.6. The maximum absolute atomic E-state index is 12.5. The van der Waals surface area contributed by atoms with Gasteiger partial charge in [0.25, 0.3) is 0 Å². The van der Waals surface area contributed by atoms with Gasteiger partial charge in [-0.2, -0.15) is 0 Å². The van der Waals surface area contributed by atoms with Crippen LogP contribution in [0.4, 0.5) is 0 Å². The predicted octanol–water partition coefficient (Wildman–Crippen LogP) is 1.60. The summed E-state index contributed by atoms with van der Waals surface area (Å²) in [6.07, 6.45) is 1.02. The van der Waals surface area contributed by atoms with Gasteiger partial charge in [0, 0.05) is 31.0 Å². The first kappa shape index (κ1) is 13.3. The highest BCUT2D eigenvalue weighted by Crippen LogP contribution is 2.29. The highest BCUT2D eigenvalue weighted by atomic mass is 16.5. The standard InChI is InChI=1S/C16H19NO3/c1-11-3-2-4-13-14(11)9-12(10-15(13)18)16(19)17-5-7-20-8-6-17/h2-4,12H,5-10H2,1H3. The third kappa shape index (κ3) is 2.36. The number of Topliss-reactive ketones (excluding diaryl/α,β-unsaturated/α-hetero) is 1. The molecule has 1 aliphatic heterocycles. The minimum Gasteiger partial charge on any atom is -0.378 e. The summed E-state index contributed by atoms with van der Waals surface area (Å²) in [4.78, 5) is 26.6. The van der Waals surface area contributed by atoms with Crippen LogP contribution in [0.1, 0.15) is 27.9 Å². The van der Waals surface area contributed by atoms with Crippen LogP contribution >= 0.6 is 0 Å². The Morgan fingerprint density at radius 2 is 2.00 bits per heavy atom. The third-order valence-electron chi connectivity index (χ3n) is 4.26. The fourth-order valence-corrected chi connectivity index (χ4v) is 3.10. The molecule has 1 unspecified atom stereocenters. The van der Waals surface area contributed by atoms with Crippen LogP contribution in [-0.2, 0) is 16.0 Å². The summed E-state index contributed by atoms with van der Waals surface area (Å²) in [6, 6.07) is 5.80. The Kier molecular flexibility index (Phi) is 3.57. The van der Waals surface area contributed by atoms with E-state index in [1.165, 1.54) is 0 Å². The van der Waals surface area contributed by atoms with E-state index in [0.29, 0.717) is 39.1 Å². The van der Waals surface area contributed by atoms with Gasteiger partial charge in [-0.25, -0.2) is 0 Å². The quantitative estimate of drug-likeness (QED) is 0.781. The Bertz CT molecular complexity index is 547. The number of ether oxygens (including phenoxy) is 1. The first-order valence-electron chi connectivity index (χ1n) is 7.15. The van der Waals surface area contributed by atoms with Crippen molar-refractivity contribution in [2.75, 3.05) is 26.3 Å². The summed E-state index contributed by atoms with van der Waals surface area (Å²) < 4.78 is 5.27. The lowest BCUT2D eigenvalue weighted by Crippen LogP contribution is -2.45. The average molecular weight is 273 g/mol. The van der Waals surface area contributed by atoms with Gasteiger partial charge in [0.2, 0.25) is 5.91 Å². The highest BCUT2D eigenvalue weighted by molar-refractivity contribution is 6.01. The molecule has 0 radical (unpaired) electrons. The number of carbonyl (C=O) groups excluding carboxylic acids is 2. The van der Waals surface area contributed by atoms with Crippen LogP contribution in [0.25, 0.3) is 0 Å². The Morgan fingerprint density at radius 1 is 1.25 bits per heavy atom. The molecule has 1 aromatic rings. The largest absolute Gasteiger partial charge is 0.378 e. The summed E-state index contributed by atoms with van der Waals surface area (Å²) in [6.45, 7) is 4.49. The van der Waals surface area contributed by atoms with Crippen molar-refractivity contribution in [2.24, 2.45) is 5.92 Å². The van der Waals surface area contributed by atoms with E-state index >= 15 is 0 Å². The number of nitrogens with zero attached hydrogens (tertiary/aromatic N) is 1. The second-order valence-corrected chi connectivity index (χ2v) is 5.57. The predicted molar refractivity (Wildman–Crippen MR) is 74.7 cm³/mol. The van der Waals surface area contributed by atoms with Crippen molar-refractivity contribution in [3.63, 3.8) is 0 Å². The molecule has 4 nitrogen and oxygen atoms in total. The molecular weight excluding hydrogens is 254 g/mol. The average Bonchev–Trinajstić information content (AvgIpc) is 2.48. The molecule has 0 spiro atoms. The van der Waals surface area contributed by atoms with E-state index in [1.807, 2.05) is 30.0 Å². The number of hydrogen-bond donors (Lipinski definition) is 0. The molecule has 20 heavy (non-hydrogen) atoms. The Balaban J connectivity index is 1.82. The zero-order chi connectivity index (χ0) is 14.1. The molecule has 1 fully saturated rings. The maximum atomic E-state index is 12.5. The molecule has 1 heterocycles. The van der Waals surface area contributed by atoms with Crippen molar-refractivity contribution in [1.29, 1.82) is 0 Å². The Morgan fingerprint density at radius 3 is 2.75 bits per heavy atom. The van der Waals surface area contributed by atoms with Crippen molar-refractivity contribution < 1.29 is 14.3 Å². The number of hydrogen-bond acceptors (Lipinski definition) is 3. The van der Waals surface area contributed by atoms with Crippen LogP contribution in [0, 0.1) is 12.8 Å². The van der Waals surface area contributed by atoms with Crippen LogP contribution < -0.4 is 0 Å². The second-order valence-electron chi connectivity index (χ2n) is 5.57. The topological polar surface area (TPSA) is 46.6 Å². The number of fused-ring (bicyclic) bond motifs is 1. The highest BCUT2D eigenvalue weighted by Gasteiger charge is 2.33. The van der Waals surface area contributed by atoms with E-state index in [2.05, 4.69) is 0 Å². The molecule has 1 aromatic carbocycles. The van der Waals surface area contributed by atoms with E-state index in [4.69, 9.17) is 4.74 Å². The molecule has 3 rings (SSSR count). The first-order chi connectivity index (χ1) is 9.66. The van der Waals surface area contributed by atoms with Gasteiger partial charge < -0.3 is 9.64 Å². The molecule has 1 saturated heterocycles. The lowest BCUT2D eigenvalue weighted by atomic mass is 9.80. The summed E-state index contributed by atoms with van der Waals surface area (Å²) in [5, 5.41) is 0. The molecule has 0 aromatic heterocycles. The lowest BCUT2D eigenvalue weighted by molar-refractivity contribution is -0.139. The molecule has 0 N–H and O–H groups in total. The van der Waals surface area contributed by atoms with Gasteiger partial charge >= 0.3 is 0 Å². The number of carbonyl (C=O) groups is 2. The van der Waals surface area contributed by atoms with Gasteiger partial charge in [-0.1, -0.05) is 18.2 Å². The van der Waals surface area contributed by atoms with E-state index in [0.717, 1.165) is 16.7 Å². The molecule has 1 aliphatic carbocycles. The minimum absolute atomic E-state index is 0.0987. The van der Waals surface area contributed by atoms with Gasteiger partial charge in [0.1, 0.15) is 0 Å². The molecular formula is C16H19NO3. The monoisotopic (exact) mass is 273 g/mol. The van der Waals surface area contributed by atoms with E-state index in [9.17, 15) is 9.59 Å². The van der Waals surface area contributed by atoms with Crippen LogP contribution in [0.5, 0.6) is 0 Å². The summed E-state index contributed by atoms with van der Waals surface area (Å²) in [5.74, 6) is 0.00584. The lowest BCUT2D eigenvalue weighted by Gasteiger charge is -2.32. The molecule has 4 heteroatoms. The van der Waals surface area contributed by atoms with E-state index in [-0.39, 0.29) is 17.6 Å². The van der Waals surface area contributed by atoms with E-state index in [1.54, 1.807) is 0 Å². The smallest absolute Gasteiger partial charge is 0.226 e. The fourth-order valence-electron chi connectivity index (χ4n) is 3.10.